The van der Waals surface area contributed by atoms with Crippen molar-refractivity contribution in [2.24, 2.45) is 4.99 Å². The standard InChI is InChI=1S/C21H39N5O.HI/c1-17(2)26(18(3)4)13-12-23-21(22-5)24-16-19-10-8-9-11-20(19)27-15-14-25(6)7;/h8-11,17-18H,12-16H2,1-7H3,(H2,22,23,24);1H. The van der Waals surface area contributed by atoms with Crippen LogP contribution < -0.4 is 15.4 Å². The van der Waals surface area contributed by atoms with Gasteiger partial charge in [-0.25, -0.2) is 0 Å². The van der Waals surface area contributed by atoms with Crippen LogP contribution in [0.5, 0.6) is 5.75 Å². The molecule has 2 N–H and O–H groups in total. The molecule has 0 amide bonds. The molecule has 1 aromatic rings. The Hall–Kier alpha value is -1.06. The van der Waals surface area contributed by atoms with E-state index in [0.29, 0.717) is 25.2 Å². The maximum Gasteiger partial charge on any atom is 0.191 e. The molecule has 1 rings (SSSR count). The summed E-state index contributed by atoms with van der Waals surface area (Å²) in [5.41, 5.74) is 1.13. The minimum absolute atomic E-state index is 0. The Morgan fingerprint density at radius 3 is 2.25 bits per heavy atom. The number of benzene rings is 1. The van der Waals surface area contributed by atoms with Crippen molar-refractivity contribution in [2.75, 3.05) is 47.4 Å². The molecule has 0 aliphatic carbocycles. The largest absolute Gasteiger partial charge is 0.492 e. The van der Waals surface area contributed by atoms with Crippen molar-refractivity contribution in [1.82, 2.24) is 20.4 Å². The smallest absolute Gasteiger partial charge is 0.191 e. The summed E-state index contributed by atoms with van der Waals surface area (Å²) in [5.74, 6) is 1.73. The summed E-state index contributed by atoms with van der Waals surface area (Å²) >= 11 is 0. The molecule has 0 heterocycles. The van der Waals surface area contributed by atoms with E-state index in [9.17, 15) is 0 Å². The lowest BCUT2D eigenvalue weighted by atomic mass is 10.2. The fraction of sp³-hybridized carbons (Fsp3) is 0.667. The molecule has 0 saturated carbocycles. The summed E-state index contributed by atoms with van der Waals surface area (Å²) in [4.78, 5) is 8.91. The quantitative estimate of drug-likeness (QED) is 0.275. The summed E-state index contributed by atoms with van der Waals surface area (Å²) in [7, 11) is 5.90. The van der Waals surface area contributed by atoms with E-state index in [0.717, 1.165) is 36.9 Å². The first kappa shape index (κ1) is 26.9. The SMILES string of the molecule is CN=C(NCCN(C(C)C)C(C)C)NCc1ccccc1OCCN(C)C.I. The summed E-state index contributed by atoms with van der Waals surface area (Å²) in [6, 6.07) is 9.22. The van der Waals surface area contributed by atoms with Crippen LogP contribution in [0.4, 0.5) is 0 Å². The van der Waals surface area contributed by atoms with E-state index in [4.69, 9.17) is 4.74 Å². The van der Waals surface area contributed by atoms with Gasteiger partial charge in [-0.05, 0) is 47.9 Å². The van der Waals surface area contributed by atoms with E-state index < -0.39 is 0 Å². The average molecular weight is 505 g/mol. The fourth-order valence-corrected chi connectivity index (χ4v) is 2.94. The molecule has 0 aliphatic rings. The minimum Gasteiger partial charge on any atom is -0.492 e. The van der Waals surface area contributed by atoms with Gasteiger partial charge in [0.1, 0.15) is 12.4 Å². The zero-order valence-corrected chi connectivity index (χ0v) is 21.0. The van der Waals surface area contributed by atoms with Gasteiger partial charge in [-0.15, -0.1) is 24.0 Å². The third-order valence-electron chi connectivity index (χ3n) is 4.43. The number of nitrogens with one attached hydrogen (secondary N) is 2. The van der Waals surface area contributed by atoms with Gasteiger partial charge in [-0.2, -0.15) is 0 Å². The van der Waals surface area contributed by atoms with Gasteiger partial charge >= 0.3 is 0 Å². The van der Waals surface area contributed by atoms with Gasteiger partial charge in [0.2, 0.25) is 0 Å². The lowest BCUT2D eigenvalue weighted by Crippen LogP contribution is -2.45. The van der Waals surface area contributed by atoms with Crippen LogP contribution >= 0.6 is 24.0 Å². The van der Waals surface area contributed by atoms with Gasteiger partial charge in [0, 0.05) is 50.9 Å². The van der Waals surface area contributed by atoms with Gasteiger partial charge in [-0.1, -0.05) is 18.2 Å². The van der Waals surface area contributed by atoms with Crippen molar-refractivity contribution >= 4 is 29.9 Å². The van der Waals surface area contributed by atoms with Gasteiger partial charge in [0.05, 0.1) is 0 Å². The van der Waals surface area contributed by atoms with E-state index in [2.05, 4.69) is 59.2 Å². The second kappa shape index (κ2) is 14.9. The molecule has 0 spiro atoms. The third-order valence-corrected chi connectivity index (χ3v) is 4.43. The van der Waals surface area contributed by atoms with Crippen molar-refractivity contribution in [3.05, 3.63) is 29.8 Å². The van der Waals surface area contributed by atoms with Gasteiger partial charge in [0.25, 0.3) is 0 Å². The highest BCUT2D eigenvalue weighted by molar-refractivity contribution is 14.0. The maximum atomic E-state index is 5.93. The Kier molecular flexibility index (Phi) is 14.3. The van der Waals surface area contributed by atoms with E-state index in [1.54, 1.807) is 7.05 Å². The van der Waals surface area contributed by atoms with Crippen LogP contribution in [0.2, 0.25) is 0 Å². The van der Waals surface area contributed by atoms with Crippen molar-refractivity contribution < 1.29 is 4.74 Å². The Bertz CT molecular complexity index is 555. The van der Waals surface area contributed by atoms with Crippen molar-refractivity contribution in [3.63, 3.8) is 0 Å². The second-order valence-electron chi connectivity index (χ2n) is 7.54. The first-order valence-corrected chi connectivity index (χ1v) is 9.90. The molecule has 0 unspecified atom stereocenters. The summed E-state index contributed by atoms with van der Waals surface area (Å²) < 4.78 is 5.93. The van der Waals surface area contributed by atoms with Crippen molar-refractivity contribution in [3.8, 4) is 5.75 Å². The molecule has 6 nitrogen and oxygen atoms in total. The van der Waals surface area contributed by atoms with Gasteiger partial charge in [0.15, 0.2) is 5.96 Å². The predicted octanol–water partition coefficient (Wildman–Crippen LogP) is 3.03. The summed E-state index contributed by atoms with van der Waals surface area (Å²) in [6.45, 7) is 13.0. The highest BCUT2D eigenvalue weighted by Crippen LogP contribution is 2.17. The monoisotopic (exact) mass is 505 g/mol. The second-order valence-corrected chi connectivity index (χ2v) is 7.54. The number of hydrogen-bond donors (Lipinski definition) is 2. The highest BCUT2D eigenvalue weighted by atomic mass is 127. The molecule has 0 radical (unpaired) electrons. The molecule has 162 valence electrons. The normalized spacial score (nSPS) is 11.9. The molecule has 0 aromatic heterocycles. The number of aliphatic imine (C=N–C) groups is 1. The average Bonchev–Trinajstić information content (AvgIpc) is 2.61. The van der Waals surface area contributed by atoms with Crippen molar-refractivity contribution in [1.29, 1.82) is 0 Å². The third kappa shape index (κ3) is 10.5. The molecule has 0 saturated heterocycles. The number of para-hydroxylation sites is 1. The predicted molar refractivity (Wildman–Crippen MR) is 131 cm³/mol. The van der Waals surface area contributed by atoms with Crippen LogP contribution in [0.3, 0.4) is 0 Å². The Morgan fingerprint density at radius 1 is 1.04 bits per heavy atom. The van der Waals surface area contributed by atoms with E-state index >= 15 is 0 Å². The number of guanidine groups is 1. The molecule has 1 aromatic carbocycles. The number of likely N-dealkylation sites (N-methyl/N-ethyl adjacent to an activating group) is 1. The van der Waals surface area contributed by atoms with Gasteiger partial charge in [-0.3, -0.25) is 9.89 Å². The molecule has 28 heavy (non-hydrogen) atoms. The Morgan fingerprint density at radius 2 is 1.68 bits per heavy atom. The van der Waals surface area contributed by atoms with E-state index in [1.165, 1.54) is 0 Å². The fourth-order valence-electron chi connectivity index (χ4n) is 2.94. The highest BCUT2D eigenvalue weighted by Gasteiger charge is 2.12. The first-order valence-electron chi connectivity index (χ1n) is 9.90. The van der Waals surface area contributed by atoms with Crippen LogP contribution in [0, 0.1) is 0 Å². The van der Waals surface area contributed by atoms with Crippen molar-refractivity contribution in [2.45, 2.75) is 46.3 Å². The Balaban J connectivity index is 0.00000729. The summed E-state index contributed by atoms with van der Waals surface area (Å²) in [6.07, 6.45) is 0. The maximum absolute atomic E-state index is 5.93. The number of nitrogens with zero attached hydrogens (tertiary/aromatic N) is 3. The molecule has 0 aliphatic heterocycles. The number of rotatable bonds is 11. The number of halogens is 1. The lowest BCUT2D eigenvalue weighted by Gasteiger charge is -2.30. The van der Waals surface area contributed by atoms with Crippen LogP contribution in [-0.4, -0.2) is 75.2 Å². The topological polar surface area (TPSA) is 52.1 Å². The molecule has 7 heteroatoms. The summed E-state index contributed by atoms with van der Waals surface area (Å²) in [5, 5.41) is 6.79. The van der Waals surface area contributed by atoms with Gasteiger partial charge < -0.3 is 20.3 Å². The molecular weight excluding hydrogens is 465 g/mol. The zero-order chi connectivity index (χ0) is 20.2. The molecular formula is C21H40IN5O. The van der Waals surface area contributed by atoms with Crippen LogP contribution in [0.1, 0.15) is 33.3 Å². The minimum atomic E-state index is 0. The molecule has 0 atom stereocenters. The number of hydrogen-bond acceptors (Lipinski definition) is 4. The first-order chi connectivity index (χ1) is 12.8. The van der Waals surface area contributed by atoms with Crippen LogP contribution in [0.25, 0.3) is 0 Å². The van der Waals surface area contributed by atoms with Crippen LogP contribution in [-0.2, 0) is 6.54 Å². The lowest BCUT2D eigenvalue weighted by molar-refractivity contribution is 0.178. The van der Waals surface area contributed by atoms with E-state index in [1.807, 2.05) is 32.3 Å². The number of ether oxygens (including phenoxy) is 1. The molecule has 0 fully saturated rings. The van der Waals surface area contributed by atoms with Crippen LogP contribution in [0.15, 0.2) is 29.3 Å². The molecule has 0 bridgehead atoms. The Labute approximate surface area is 189 Å². The zero-order valence-electron chi connectivity index (χ0n) is 18.7. The van der Waals surface area contributed by atoms with E-state index in [-0.39, 0.29) is 24.0 Å².